The van der Waals surface area contributed by atoms with Crippen LogP contribution in [0.4, 0.5) is 0 Å². The molecule has 30 heavy (non-hydrogen) atoms. The van der Waals surface area contributed by atoms with Gasteiger partial charge in [-0.1, -0.05) is 161 Å². The molecule has 0 aromatic rings. The highest BCUT2D eigenvalue weighted by Crippen LogP contribution is 2.15. The summed E-state index contributed by atoms with van der Waals surface area (Å²) in [6.07, 6.45) is 35.3. The van der Waals surface area contributed by atoms with Crippen LogP contribution in [-0.2, 0) is 0 Å². The molecule has 3 N–H and O–H groups in total. The lowest BCUT2D eigenvalue weighted by atomic mass is 10.0. The third-order valence-electron chi connectivity index (χ3n) is 6.66. The molecule has 0 heterocycles. The van der Waals surface area contributed by atoms with Crippen LogP contribution in [0.2, 0.25) is 0 Å². The van der Waals surface area contributed by atoms with Gasteiger partial charge in [0.1, 0.15) is 0 Å². The summed E-state index contributed by atoms with van der Waals surface area (Å²) in [6, 6.07) is 0.00437. The van der Waals surface area contributed by atoms with Crippen molar-refractivity contribution >= 4 is 0 Å². The lowest BCUT2D eigenvalue weighted by molar-refractivity contribution is 0.257. The van der Waals surface area contributed by atoms with Crippen LogP contribution in [0.1, 0.15) is 167 Å². The van der Waals surface area contributed by atoms with Gasteiger partial charge in [-0.25, -0.2) is 0 Å². The third kappa shape index (κ3) is 26.0. The van der Waals surface area contributed by atoms with E-state index in [4.69, 9.17) is 10.8 Å². The van der Waals surface area contributed by atoms with E-state index < -0.39 is 0 Å². The summed E-state index contributed by atoms with van der Waals surface area (Å²) in [7, 11) is 0. The first kappa shape index (κ1) is 29.9. The summed E-state index contributed by atoms with van der Waals surface area (Å²) in [5.41, 5.74) is 5.72. The predicted molar refractivity (Wildman–Crippen MR) is 136 cm³/mol. The monoisotopic (exact) mass is 425 g/mol. The molecule has 0 saturated carbocycles. The van der Waals surface area contributed by atoms with Crippen LogP contribution in [-0.4, -0.2) is 17.8 Å². The molecule has 0 aliphatic carbocycles. The van der Waals surface area contributed by atoms with Gasteiger partial charge in [0, 0.05) is 6.04 Å². The van der Waals surface area contributed by atoms with Gasteiger partial charge >= 0.3 is 0 Å². The van der Waals surface area contributed by atoms with Crippen molar-refractivity contribution in [3.8, 4) is 0 Å². The van der Waals surface area contributed by atoms with E-state index in [1.807, 2.05) is 0 Å². The summed E-state index contributed by atoms with van der Waals surface area (Å²) in [5, 5.41) is 8.89. The van der Waals surface area contributed by atoms with Crippen LogP contribution >= 0.6 is 0 Å². The third-order valence-corrected chi connectivity index (χ3v) is 6.66. The van der Waals surface area contributed by atoms with Crippen LogP contribution in [0, 0.1) is 0 Å². The Kier molecular flexibility index (Phi) is 26.9. The number of rotatable bonds is 26. The van der Waals surface area contributed by atoms with Gasteiger partial charge in [0.15, 0.2) is 0 Å². The molecular weight excluding hydrogens is 366 g/mol. The Labute approximate surface area is 191 Å². The summed E-state index contributed by atoms with van der Waals surface area (Å²) in [4.78, 5) is 0. The highest BCUT2D eigenvalue weighted by molar-refractivity contribution is 4.58. The van der Waals surface area contributed by atoms with Gasteiger partial charge < -0.3 is 10.8 Å². The highest BCUT2D eigenvalue weighted by Gasteiger charge is 1.99. The molecule has 2 heteroatoms. The Balaban J connectivity index is 3.00. The number of nitrogens with two attached hydrogens (primary N) is 1. The largest absolute Gasteiger partial charge is 0.395 e. The second kappa shape index (κ2) is 27.0. The van der Waals surface area contributed by atoms with Crippen LogP contribution < -0.4 is 5.73 Å². The first-order valence-corrected chi connectivity index (χ1v) is 14.2. The fourth-order valence-corrected chi connectivity index (χ4v) is 4.46. The molecule has 0 spiro atoms. The topological polar surface area (TPSA) is 46.2 Å². The number of aliphatic hydroxyl groups is 1. The minimum absolute atomic E-state index is 0.00437. The van der Waals surface area contributed by atoms with Crippen molar-refractivity contribution in [1.29, 1.82) is 0 Å². The maximum atomic E-state index is 8.89. The number of unbranched alkanes of at least 4 members (excludes halogenated alkanes) is 23. The van der Waals surface area contributed by atoms with Gasteiger partial charge in [0.2, 0.25) is 0 Å². The van der Waals surface area contributed by atoms with E-state index in [1.54, 1.807) is 0 Å². The molecule has 1 unspecified atom stereocenters. The average Bonchev–Trinajstić information content (AvgIpc) is 2.76. The van der Waals surface area contributed by atoms with Crippen LogP contribution in [0.3, 0.4) is 0 Å². The molecule has 0 aromatic heterocycles. The van der Waals surface area contributed by atoms with Gasteiger partial charge in [-0.3, -0.25) is 0 Å². The van der Waals surface area contributed by atoms with Gasteiger partial charge in [-0.2, -0.15) is 0 Å². The first-order chi connectivity index (χ1) is 14.8. The molecule has 0 aliphatic heterocycles. The fraction of sp³-hybridized carbons (Fsp3) is 1.00. The normalized spacial score (nSPS) is 12.5. The van der Waals surface area contributed by atoms with Crippen molar-refractivity contribution in [1.82, 2.24) is 0 Å². The molecule has 2 nitrogen and oxygen atoms in total. The van der Waals surface area contributed by atoms with Gasteiger partial charge in [-0.05, 0) is 6.42 Å². The Morgan fingerprint density at radius 3 is 0.900 bits per heavy atom. The molecule has 0 saturated heterocycles. The zero-order valence-corrected chi connectivity index (χ0v) is 21.0. The summed E-state index contributed by atoms with van der Waals surface area (Å²) >= 11 is 0. The maximum Gasteiger partial charge on any atom is 0.0582 e. The zero-order chi connectivity index (χ0) is 22.0. The predicted octanol–water partition coefficient (Wildman–Crippen LogP) is 9.08. The highest BCUT2D eigenvalue weighted by atomic mass is 16.3. The molecule has 182 valence electrons. The summed E-state index contributed by atoms with van der Waals surface area (Å²) in [5.74, 6) is 0. The van der Waals surface area contributed by atoms with E-state index in [1.165, 1.54) is 154 Å². The maximum absolute atomic E-state index is 8.89. The second-order valence-corrected chi connectivity index (χ2v) is 9.86. The Morgan fingerprint density at radius 2 is 0.667 bits per heavy atom. The van der Waals surface area contributed by atoms with Gasteiger partial charge in [0.25, 0.3) is 0 Å². The quantitative estimate of drug-likeness (QED) is 0.136. The Morgan fingerprint density at radius 1 is 0.433 bits per heavy atom. The molecule has 0 amide bonds. The Hall–Kier alpha value is -0.0800. The lowest BCUT2D eigenvalue weighted by Crippen LogP contribution is -2.23. The van der Waals surface area contributed by atoms with Gasteiger partial charge in [-0.15, -0.1) is 0 Å². The Bertz CT molecular complexity index is 294. The first-order valence-electron chi connectivity index (χ1n) is 14.2. The minimum atomic E-state index is 0.00437. The lowest BCUT2D eigenvalue weighted by Gasteiger charge is -2.07. The SMILES string of the molecule is CCCCCCCCCCCCCCCCCCCCCCCCCCC(N)CO. The van der Waals surface area contributed by atoms with E-state index in [0.717, 1.165) is 6.42 Å². The number of hydrogen-bond donors (Lipinski definition) is 2. The van der Waals surface area contributed by atoms with Crippen LogP contribution in [0.25, 0.3) is 0 Å². The van der Waals surface area contributed by atoms with Crippen molar-refractivity contribution in [2.75, 3.05) is 6.61 Å². The molecule has 1 atom stereocenters. The van der Waals surface area contributed by atoms with E-state index >= 15 is 0 Å². The van der Waals surface area contributed by atoms with Crippen molar-refractivity contribution in [2.45, 2.75) is 173 Å². The van der Waals surface area contributed by atoms with Crippen LogP contribution in [0.5, 0.6) is 0 Å². The number of aliphatic hydroxyl groups excluding tert-OH is 1. The summed E-state index contributed by atoms with van der Waals surface area (Å²) < 4.78 is 0. The number of hydrogen-bond acceptors (Lipinski definition) is 2. The molecular formula is C28H59NO. The summed E-state index contributed by atoms with van der Waals surface area (Å²) in [6.45, 7) is 2.44. The van der Waals surface area contributed by atoms with E-state index in [2.05, 4.69) is 6.92 Å². The minimum Gasteiger partial charge on any atom is -0.395 e. The van der Waals surface area contributed by atoms with Crippen LogP contribution in [0.15, 0.2) is 0 Å². The molecule has 0 aliphatic rings. The second-order valence-electron chi connectivity index (χ2n) is 9.86. The van der Waals surface area contributed by atoms with E-state index in [0.29, 0.717) is 0 Å². The molecule has 0 bridgehead atoms. The fourth-order valence-electron chi connectivity index (χ4n) is 4.46. The molecule has 0 radical (unpaired) electrons. The average molecular weight is 426 g/mol. The van der Waals surface area contributed by atoms with Crippen molar-refractivity contribution in [3.63, 3.8) is 0 Å². The van der Waals surface area contributed by atoms with Crippen molar-refractivity contribution in [3.05, 3.63) is 0 Å². The van der Waals surface area contributed by atoms with Crippen molar-refractivity contribution < 1.29 is 5.11 Å². The van der Waals surface area contributed by atoms with E-state index in [9.17, 15) is 0 Å². The molecule has 0 aromatic carbocycles. The smallest absolute Gasteiger partial charge is 0.0582 e. The van der Waals surface area contributed by atoms with Crippen molar-refractivity contribution in [2.24, 2.45) is 5.73 Å². The van der Waals surface area contributed by atoms with E-state index in [-0.39, 0.29) is 12.6 Å². The molecule has 0 rings (SSSR count). The zero-order valence-electron chi connectivity index (χ0n) is 21.0. The van der Waals surface area contributed by atoms with Gasteiger partial charge in [0.05, 0.1) is 6.61 Å². The standard InChI is InChI=1S/C28H59NO/c1-2-3-4-5-6-7-8-9-10-11-12-13-14-15-16-17-18-19-20-21-22-23-24-25-26-28(29)27-30/h28,30H,2-27,29H2,1H3. The molecule has 0 fully saturated rings.